The van der Waals surface area contributed by atoms with Gasteiger partial charge in [-0.2, -0.15) is 0 Å². The fraction of sp³-hybridized carbons (Fsp3) is 0.333. The van der Waals surface area contributed by atoms with Crippen LogP contribution in [0.4, 0.5) is 17.3 Å². The Labute approximate surface area is 143 Å². The minimum Gasteiger partial charge on any atom is -0.361 e. The van der Waals surface area contributed by atoms with Gasteiger partial charge in [0.2, 0.25) is 11.6 Å². The number of pyridine rings is 1. The molecule has 1 saturated carbocycles. The summed E-state index contributed by atoms with van der Waals surface area (Å²) in [5.41, 5.74) is 4.96. The molecule has 0 aromatic carbocycles. The van der Waals surface area contributed by atoms with Crippen LogP contribution < -0.4 is 16.2 Å². The molecule has 3 N–H and O–H groups in total. The van der Waals surface area contributed by atoms with E-state index in [9.17, 15) is 14.9 Å². The highest BCUT2D eigenvalue weighted by Crippen LogP contribution is 2.31. The molecule has 25 heavy (non-hydrogen) atoms. The first-order valence-electron chi connectivity index (χ1n) is 7.87. The zero-order chi connectivity index (χ0) is 17.6. The molecule has 130 valence electrons. The Hall–Kier alpha value is -3.30. The Bertz CT molecular complexity index is 763. The normalized spacial score (nSPS) is 14.1. The van der Waals surface area contributed by atoms with Crippen molar-refractivity contribution in [3.05, 3.63) is 46.5 Å². The van der Waals surface area contributed by atoms with Gasteiger partial charge in [0, 0.05) is 24.0 Å². The summed E-state index contributed by atoms with van der Waals surface area (Å²) >= 11 is 0. The molecule has 0 aliphatic heterocycles. The Morgan fingerprint density at radius 3 is 2.52 bits per heavy atom. The molecule has 0 bridgehead atoms. The maximum absolute atomic E-state index is 12.0. The van der Waals surface area contributed by atoms with Gasteiger partial charge >= 0.3 is 5.69 Å². The molecule has 10 heteroatoms. The lowest BCUT2D eigenvalue weighted by molar-refractivity contribution is -0.383. The van der Waals surface area contributed by atoms with Crippen LogP contribution in [0.2, 0.25) is 0 Å². The average Bonchev–Trinajstić information content (AvgIpc) is 3.13. The number of hydrogen-bond donors (Lipinski definition) is 3. The van der Waals surface area contributed by atoms with Crippen LogP contribution >= 0.6 is 0 Å². The molecule has 0 atom stereocenters. The van der Waals surface area contributed by atoms with E-state index >= 15 is 0 Å². The maximum atomic E-state index is 12.0. The van der Waals surface area contributed by atoms with Gasteiger partial charge in [-0.05, 0) is 25.0 Å². The van der Waals surface area contributed by atoms with Gasteiger partial charge in [0.05, 0.1) is 4.92 Å². The standard InChI is InChI=1S/C15H17N7O3/c23-15(10-5-7-16-8-6-10)21-20-14-12(22(24)25)13(17-9-18-14)19-11-3-1-2-4-11/h5-9,11H,1-4H2,(H,21,23)(H2,17,18,19,20). The largest absolute Gasteiger partial charge is 0.361 e. The number of carbonyl (C=O) groups excluding carboxylic acids is 1. The van der Waals surface area contributed by atoms with Crippen LogP contribution in [0.5, 0.6) is 0 Å². The van der Waals surface area contributed by atoms with Crippen molar-refractivity contribution in [3.63, 3.8) is 0 Å². The van der Waals surface area contributed by atoms with Gasteiger partial charge in [-0.25, -0.2) is 9.97 Å². The lowest BCUT2D eigenvalue weighted by Crippen LogP contribution is -2.30. The first-order chi connectivity index (χ1) is 12.1. The summed E-state index contributed by atoms with van der Waals surface area (Å²) in [4.78, 5) is 34.6. The van der Waals surface area contributed by atoms with Crippen LogP contribution in [0.25, 0.3) is 0 Å². The number of amides is 1. The lowest BCUT2D eigenvalue weighted by atomic mass is 10.2. The highest BCUT2D eigenvalue weighted by Gasteiger charge is 2.26. The zero-order valence-corrected chi connectivity index (χ0v) is 13.3. The van der Waals surface area contributed by atoms with Crippen molar-refractivity contribution in [1.82, 2.24) is 20.4 Å². The van der Waals surface area contributed by atoms with E-state index in [1.807, 2.05) is 0 Å². The lowest BCUT2D eigenvalue weighted by Gasteiger charge is -2.14. The Morgan fingerprint density at radius 2 is 1.84 bits per heavy atom. The Kier molecular flexibility index (Phi) is 4.97. The van der Waals surface area contributed by atoms with Crippen molar-refractivity contribution in [1.29, 1.82) is 0 Å². The number of aromatic nitrogens is 3. The van der Waals surface area contributed by atoms with E-state index in [1.54, 1.807) is 0 Å². The second kappa shape index (κ2) is 7.51. The molecule has 1 amide bonds. The first-order valence-corrected chi connectivity index (χ1v) is 7.87. The predicted molar refractivity (Wildman–Crippen MR) is 89.9 cm³/mol. The van der Waals surface area contributed by atoms with Crippen LogP contribution in [0.3, 0.4) is 0 Å². The van der Waals surface area contributed by atoms with Crippen LogP contribution in [0, 0.1) is 10.1 Å². The van der Waals surface area contributed by atoms with E-state index in [2.05, 4.69) is 31.1 Å². The van der Waals surface area contributed by atoms with Gasteiger partial charge in [-0.3, -0.25) is 30.7 Å². The first kappa shape index (κ1) is 16.6. The molecule has 0 unspecified atom stereocenters. The molecule has 1 aliphatic rings. The number of hydrogen-bond acceptors (Lipinski definition) is 8. The number of hydrazine groups is 1. The van der Waals surface area contributed by atoms with Gasteiger partial charge < -0.3 is 5.32 Å². The van der Waals surface area contributed by atoms with Crippen LogP contribution in [-0.4, -0.2) is 31.8 Å². The summed E-state index contributed by atoms with van der Waals surface area (Å²) in [6.07, 6.45) is 8.24. The highest BCUT2D eigenvalue weighted by atomic mass is 16.6. The maximum Gasteiger partial charge on any atom is 0.354 e. The summed E-state index contributed by atoms with van der Waals surface area (Å²) in [7, 11) is 0. The summed E-state index contributed by atoms with van der Waals surface area (Å²) < 4.78 is 0. The van der Waals surface area contributed by atoms with Crippen molar-refractivity contribution in [2.75, 3.05) is 10.7 Å². The quantitative estimate of drug-likeness (QED) is 0.534. The number of carbonyl (C=O) groups is 1. The Morgan fingerprint density at radius 1 is 1.16 bits per heavy atom. The van der Waals surface area contributed by atoms with Gasteiger partial charge in [-0.15, -0.1) is 0 Å². The number of rotatable bonds is 6. The second-order valence-electron chi connectivity index (χ2n) is 5.62. The van der Waals surface area contributed by atoms with Crippen LogP contribution in [-0.2, 0) is 0 Å². The van der Waals surface area contributed by atoms with Crippen molar-refractivity contribution < 1.29 is 9.72 Å². The fourth-order valence-electron chi connectivity index (χ4n) is 2.70. The zero-order valence-electron chi connectivity index (χ0n) is 13.3. The Balaban J connectivity index is 1.76. The number of nitrogens with zero attached hydrogens (tertiary/aromatic N) is 4. The predicted octanol–water partition coefficient (Wildman–Crippen LogP) is 1.89. The van der Waals surface area contributed by atoms with E-state index in [4.69, 9.17) is 0 Å². The van der Waals surface area contributed by atoms with E-state index in [0.717, 1.165) is 25.7 Å². The molecule has 2 aromatic heterocycles. The third-order valence-electron chi connectivity index (χ3n) is 3.94. The fourth-order valence-corrected chi connectivity index (χ4v) is 2.70. The minimum absolute atomic E-state index is 0.0806. The van der Waals surface area contributed by atoms with Crippen LogP contribution in [0.1, 0.15) is 36.0 Å². The summed E-state index contributed by atoms with van der Waals surface area (Å²) in [6, 6.07) is 3.21. The molecule has 0 saturated heterocycles. The third kappa shape index (κ3) is 3.97. The number of nitro groups is 1. The van der Waals surface area contributed by atoms with Gasteiger partial charge in [-0.1, -0.05) is 12.8 Å². The number of anilines is 2. The summed E-state index contributed by atoms with van der Waals surface area (Å²) in [5, 5.41) is 14.6. The molecule has 2 aromatic rings. The van der Waals surface area contributed by atoms with Gasteiger partial charge in [0.15, 0.2) is 0 Å². The third-order valence-corrected chi connectivity index (χ3v) is 3.94. The van der Waals surface area contributed by atoms with E-state index < -0.39 is 10.8 Å². The van der Waals surface area contributed by atoms with E-state index in [0.29, 0.717) is 5.56 Å². The van der Waals surface area contributed by atoms with Crippen LogP contribution in [0.15, 0.2) is 30.9 Å². The molecule has 3 rings (SSSR count). The molecule has 0 spiro atoms. The van der Waals surface area contributed by atoms with Crippen molar-refractivity contribution in [2.24, 2.45) is 0 Å². The SMILES string of the molecule is O=C(NNc1ncnc(NC2CCCC2)c1[N+](=O)[O-])c1ccncc1. The van der Waals surface area contributed by atoms with Crippen molar-refractivity contribution in [2.45, 2.75) is 31.7 Å². The molecule has 1 fully saturated rings. The smallest absolute Gasteiger partial charge is 0.354 e. The average molecular weight is 343 g/mol. The molecular formula is C15H17N7O3. The molecular weight excluding hydrogens is 326 g/mol. The molecule has 2 heterocycles. The van der Waals surface area contributed by atoms with Crippen molar-refractivity contribution in [3.8, 4) is 0 Å². The summed E-state index contributed by atoms with van der Waals surface area (Å²) in [5.74, 6) is -0.393. The van der Waals surface area contributed by atoms with Gasteiger partial charge in [0.1, 0.15) is 6.33 Å². The monoisotopic (exact) mass is 343 g/mol. The summed E-state index contributed by atoms with van der Waals surface area (Å²) in [6.45, 7) is 0. The molecule has 10 nitrogen and oxygen atoms in total. The van der Waals surface area contributed by atoms with E-state index in [-0.39, 0.29) is 23.4 Å². The van der Waals surface area contributed by atoms with E-state index in [1.165, 1.54) is 30.9 Å². The minimum atomic E-state index is -0.571. The highest BCUT2D eigenvalue weighted by molar-refractivity contribution is 5.94. The topological polar surface area (TPSA) is 135 Å². The second-order valence-corrected chi connectivity index (χ2v) is 5.62. The number of nitrogens with one attached hydrogen (secondary N) is 3. The molecule has 1 aliphatic carbocycles. The van der Waals surface area contributed by atoms with Gasteiger partial charge in [0.25, 0.3) is 5.91 Å². The van der Waals surface area contributed by atoms with Crippen molar-refractivity contribution >= 4 is 23.2 Å². The molecule has 0 radical (unpaired) electrons.